The van der Waals surface area contributed by atoms with Crippen LogP contribution in [0.3, 0.4) is 0 Å². The number of pyridine rings is 1. The molecule has 1 aliphatic carbocycles. The molecule has 0 aromatic carbocycles. The molecule has 8 N–H and O–H groups in total. The van der Waals surface area contributed by atoms with Crippen LogP contribution in [0.25, 0.3) is 11.6 Å². The molecule has 7 heteroatoms. The highest BCUT2D eigenvalue weighted by atomic mass is 15.2. The number of nitrogens with zero attached hydrogens (tertiary/aromatic N) is 2. The lowest BCUT2D eigenvalue weighted by molar-refractivity contribution is 0.407. The first-order chi connectivity index (χ1) is 14.1. The molecule has 2 heterocycles. The molecule has 0 saturated heterocycles. The number of hydrogen-bond donors (Lipinski definition) is 5. The molecule has 2 aliphatic rings. The zero-order valence-corrected chi connectivity index (χ0v) is 16.9. The first-order valence-electron chi connectivity index (χ1n) is 10.1. The Kier molecular flexibility index (Phi) is 6.94. The quantitative estimate of drug-likeness (QED) is 0.373. The summed E-state index contributed by atoms with van der Waals surface area (Å²) in [6.07, 6.45) is 18.7. The van der Waals surface area contributed by atoms with Crippen molar-refractivity contribution >= 4 is 23.6 Å². The van der Waals surface area contributed by atoms with E-state index in [4.69, 9.17) is 17.2 Å². The number of rotatable bonds is 6. The highest BCUT2D eigenvalue weighted by molar-refractivity contribution is 6.09. The van der Waals surface area contributed by atoms with Crippen LogP contribution < -0.4 is 27.8 Å². The van der Waals surface area contributed by atoms with Gasteiger partial charge in [-0.1, -0.05) is 19.3 Å². The highest BCUT2D eigenvalue weighted by Gasteiger charge is 2.18. The molecule has 0 bridgehead atoms. The Morgan fingerprint density at radius 2 is 2.03 bits per heavy atom. The van der Waals surface area contributed by atoms with Crippen LogP contribution >= 0.6 is 0 Å². The summed E-state index contributed by atoms with van der Waals surface area (Å²) in [7, 11) is 1.71. The number of hydrogen-bond acceptors (Lipinski definition) is 7. The maximum absolute atomic E-state index is 6.27. The third-order valence-electron chi connectivity index (χ3n) is 5.37. The molecular weight excluding hydrogens is 362 g/mol. The Morgan fingerprint density at radius 1 is 1.24 bits per heavy atom. The molecule has 0 amide bonds. The fourth-order valence-corrected chi connectivity index (χ4v) is 3.86. The molecule has 1 aliphatic heterocycles. The maximum atomic E-state index is 6.27. The average molecular weight is 394 g/mol. The molecular formula is C22H31N7. The van der Waals surface area contributed by atoms with Gasteiger partial charge in [-0.3, -0.25) is 9.98 Å². The minimum Gasteiger partial charge on any atom is -0.404 e. The summed E-state index contributed by atoms with van der Waals surface area (Å²) in [6, 6.07) is 2.01. The van der Waals surface area contributed by atoms with Gasteiger partial charge in [0, 0.05) is 36.8 Å². The van der Waals surface area contributed by atoms with Crippen molar-refractivity contribution in [2.75, 3.05) is 12.4 Å². The van der Waals surface area contributed by atoms with E-state index >= 15 is 0 Å². The summed E-state index contributed by atoms with van der Waals surface area (Å²) in [5.74, 6) is 1.08. The number of aliphatic imine (C=N–C) groups is 1. The zero-order chi connectivity index (χ0) is 20.6. The van der Waals surface area contributed by atoms with Crippen LogP contribution in [0.15, 0.2) is 53.2 Å². The van der Waals surface area contributed by atoms with E-state index < -0.39 is 0 Å². The summed E-state index contributed by atoms with van der Waals surface area (Å²) in [5.41, 5.74) is 22.4. The minimum absolute atomic E-state index is 0.147. The van der Waals surface area contributed by atoms with Crippen molar-refractivity contribution in [1.29, 1.82) is 0 Å². The van der Waals surface area contributed by atoms with Crippen molar-refractivity contribution in [2.24, 2.45) is 28.1 Å². The average Bonchev–Trinajstić information content (AvgIpc) is 2.76. The lowest BCUT2D eigenvalue weighted by Gasteiger charge is -2.26. The summed E-state index contributed by atoms with van der Waals surface area (Å²) in [6.45, 7) is 0. The van der Waals surface area contributed by atoms with Crippen LogP contribution in [-0.4, -0.2) is 24.4 Å². The van der Waals surface area contributed by atoms with Gasteiger partial charge in [0.05, 0.1) is 17.2 Å². The number of aromatic nitrogens is 1. The first kappa shape index (κ1) is 20.5. The molecule has 1 aromatic rings. The Balaban J connectivity index is 1.70. The molecule has 1 unspecified atom stereocenters. The highest BCUT2D eigenvalue weighted by Crippen LogP contribution is 2.30. The van der Waals surface area contributed by atoms with Crippen molar-refractivity contribution in [3.8, 4) is 0 Å². The molecule has 0 spiro atoms. The Morgan fingerprint density at radius 3 is 2.72 bits per heavy atom. The molecule has 154 valence electrons. The lowest BCUT2D eigenvalue weighted by atomic mass is 9.84. The van der Waals surface area contributed by atoms with Gasteiger partial charge in [-0.15, -0.1) is 0 Å². The van der Waals surface area contributed by atoms with Gasteiger partial charge in [-0.25, -0.2) is 0 Å². The zero-order valence-electron chi connectivity index (χ0n) is 16.9. The van der Waals surface area contributed by atoms with E-state index in [1.54, 1.807) is 25.7 Å². The number of anilines is 1. The SMILES string of the molecule is CN=CC(=CN)c1cnc2c(c1)NC(N/C(N)=C/C(=C\N)C1CCCCC1)C=C2. The van der Waals surface area contributed by atoms with Gasteiger partial charge in [0.1, 0.15) is 6.17 Å². The summed E-state index contributed by atoms with van der Waals surface area (Å²) in [4.78, 5) is 8.54. The summed E-state index contributed by atoms with van der Waals surface area (Å²) < 4.78 is 0. The largest absolute Gasteiger partial charge is 0.404 e. The molecule has 29 heavy (non-hydrogen) atoms. The van der Waals surface area contributed by atoms with Crippen molar-refractivity contribution < 1.29 is 0 Å². The number of nitrogens with two attached hydrogens (primary N) is 3. The normalized spacial score (nSPS) is 21.1. The van der Waals surface area contributed by atoms with Crippen LogP contribution in [-0.2, 0) is 0 Å². The Hall–Kier alpha value is -3.22. The molecule has 3 rings (SSSR count). The second-order valence-corrected chi connectivity index (χ2v) is 7.39. The fraction of sp³-hybridized carbons (Fsp3) is 0.364. The number of fused-ring (bicyclic) bond motifs is 1. The standard InChI is InChI=1S/C22H31N7/c1-26-13-18(12-24)17-9-20-19(27-14-17)7-8-22(28-20)29-21(25)10-16(11-23)15-5-3-2-4-6-15/h7-15,22,28-29H,2-6,23-25H2,1H3/b16-11+,18-12?,21-10+,26-13?. The molecule has 1 atom stereocenters. The lowest BCUT2D eigenvalue weighted by Crippen LogP contribution is -2.38. The van der Waals surface area contributed by atoms with Gasteiger partial charge < -0.3 is 27.8 Å². The molecule has 1 aromatic heterocycles. The topological polar surface area (TPSA) is 127 Å². The Bertz CT molecular complexity index is 858. The van der Waals surface area contributed by atoms with E-state index in [-0.39, 0.29) is 6.17 Å². The van der Waals surface area contributed by atoms with E-state index in [1.807, 2.05) is 24.3 Å². The van der Waals surface area contributed by atoms with Gasteiger partial charge >= 0.3 is 0 Å². The smallest absolute Gasteiger partial charge is 0.117 e. The van der Waals surface area contributed by atoms with E-state index in [9.17, 15) is 0 Å². The van der Waals surface area contributed by atoms with Crippen molar-refractivity contribution in [3.63, 3.8) is 0 Å². The van der Waals surface area contributed by atoms with Crippen LogP contribution in [0.1, 0.15) is 43.4 Å². The van der Waals surface area contributed by atoms with Crippen LogP contribution in [0.5, 0.6) is 0 Å². The third-order valence-corrected chi connectivity index (χ3v) is 5.37. The predicted molar refractivity (Wildman–Crippen MR) is 122 cm³/mol. The van der Waals surface area contributed by atoms with Gasteiger partial charge in [0.15, 0.2) is 0 Å². The second-order valence-electron chi connectivity index (χ2n) is 7.39. The summed E-state index contributed by atoms with van der Waals surface area (Å²) >= 11 is 0. The summed E-state index contributed by atoms with van der Waals surface area (Å²) in [5, 5.41) is 6.72. The van der Waals surface area contributed by atoms with Gasteiger partial charge in [-0.2, -0.15) is 0 Å². The van der Waals surface area contributed by atoms with Crippen molar-refractivity contribution in [2.45, 2.75) is 38.3 Å². The molecule has 7 nitrogen and oxygen atoms in total. The first-order valence-corrected chi connectivity index (χ1v) is 10.1. The maximum Gasteiger partial charge on any atom is 0.117 e. The predicted octanol–water partition coefficient (Wildman–Crippen LogP) is 2.66. The van der Waals surface area contributed by atoms with Crippen molar-refractivity contribution in [3.05, 3.63) is 59.5 Å². The van der Waals surface area contributed by atoms with Crippen LogP contribution in [0.4, 0.5) is 5.69 Å². The van der Waals surface area contributed by atoms with E-state index in [0.717, 1.165) is 28.1 Å². The minimum atomic E-state index is -0.147. The van der Waals surface area contributed by atoms with E-state index in [2.05, 4.69) is 20.6 Å². The van der Waals surface area contributed by atoms with Crippen molar-refractivity contribution in [1.82, 2.24) is 10.3 Å². The van der Waals surface area contributed by atoms with Gasteiger partial charge in [0.25, 0.3) is 0 Å². The monoisotopic (exact) mass is 393 g/mol. The van der Waals surface area contributed by atoms with Crippen LogP contribution in [0, 0.1) is 5.92 Å². The van der Waals surface area contributed by atoms with Gasteiger partial charge in [-0.05, 0) is 54.8 Å². The van der Waals surface area contributed by atoms with E-state index in [1.165, 1.54) is 38.3 Å². The second kappa shape index (κ2) is 9.82. The molecule has 0 radical (unpaired) electrons. The number of nitrogens with one attached hydrogen (secondary N) is 2. The molecule has 1 saturated carbocycles. The fourth-order valence-electron chi connectivity index (χ4n) is 3.86. The third kappa shape index (κ3) is 5.19. The molecule has 1 fully saturated rings. The Labute approximate surface area is 172 Å². The van der Waals surface area contributed by atoms with Crippen LogP contribution in [0.2, 0.25) is 0 Å². The van der Waals surface area contributed by atoms with Gasteiger partial charge in [0.2, 0.25) is 0 Å². The van der Waals surface area contributed by atoms with E-state index in [0.29, 0.717) is 11.7 Å². The number of allylic oxidation sites excluding steroid dienone is 3.